The summed E-state index contributed by atoms with van der Waals surface area (Å²) in [5.74, 6) is -0.756. The Kier molecular flexibility index (Phi) is 4.38. The number of nitrogens with zero attached hydrogens (tertiary/aromatic N) is 1. The van der Waals surface area contributed by atoms with E-state index in [4.69, 9.17) is 4.74 Å². The van der Waals surface area contributed by atoms with Gasteiger partial charge in [0, 0.05) is 0 Å². The van der Waals surface area contributed by atoms with Crippen LogP contribution < -0.4 is 28.7 Å². The minimum atomic E-state index is -1.32. The number of hydrogen-bond donors (Lipinski definition) is 1. The smallest absolute Gasteiger partial charge is 0.542 e. The van der Waals surface area contributed by atoms with Gasteiger partial charge in [-0.3, -0.25) is 0 Å². The molecule has 1 aromatic carbocycles. The van der Waals surface area contributed by atoms with Crippen molar-refractivity contribution in [3.8, 4) is 17.0 Å². The Morgan fingerprint density at radius 3 is 2.47 bits per heavy atom. The third kappa shape index (κ3) is 2.90. The van der Waals surface area contributed by atoms with Crippen molar-refractivity contribution in [3.63, 3.8) is 0 Å². The first-order valence-electron chi connectivity index (χ1n) is 4.61. The number of rotatable bonds is 3. The van der Waals surface area contributed by atoms with Gasteiger partial charge in [-0.25, -0.2) is 4.98 Å². The molecule has 1 aromatic heterocycles. The Morgan fingerprint density at radius 2 is 2.00 bits per heavy atom. The van der Waals surface area contributed by atoms with Crippen LogP contribution in [0.4, 0.5) is 0 Å². The second kappa shape index (κ2) is 5.57. The van der Waals surface area contributed by atoms with Crippen LogP contribution in [-0.4, -0.2) is 23.0 Å². The Balaban J connectivity index is 0.00000144. The number of H-pyrrole nitrogens is 1. The van der Waals surface area contributed by atoms with Crippen molar-refractivity contribution < 1.29 is 33.5 Å². The van der Waals surface area contributed by atoms with Crippen LogP contribution in [-0.2, 0) is 0 Å². The third-order valence-electron chi connectivity index (χ3n) is 2.17. The van der Waals surface area contributed by atoms with E-state index >= 15 is 0 Å². The molecule has 5 nitrogen and oxygen atoms in total. The van der Waals surface area contributed by atoms with E-state index in [1.165, 1.54) is 6.20 Å². The molecule has 0 aliphatic carbocycles. The van der Waals surface area contributed by atoms with E-state index in [-0.39, 0.29) is 24.7 Å². The van der Waals surface area contributed by atoms with Crippen LogP contribution in [0.25, 0.3) is 11.3 Å². The molecular weight excluding hydrogens is 215 g/mol. The number of aromatic amines is 1. The van der Waals surface area contributed by atoms with Gasteiger partial charge in [0.15, 0.2) is 5.82 Å². The maximum Gasteiger partial charge on any atom is 1.00 e. The molecule has 0 unspecified atom stereocenters. The number of imidazole rings is 1. The largest absolute Gasteiger partial charge is 1.00 e. The van der Waals surface area contributed by atoms with Crippen LogP contribution in [0.1, 0.15) is 10.6 Å². The number of carbonyl (C=O) groups is 1. The number of nitrogens with one attached hydrogen (secondary N) is 1. The van der Waals surface area contributed by atoms with Crippen molar-refractivity contribution in [2.45, 2.75) is 0 Å². The standard InChI is InChI=1S/C11H10N2O3.Li/c1-16-8-4-2-7(3-5-8)9-6-12-10(13-9)11(14)15;/h2-6H,1H3,(H,12,13)(H,14,15);/q;+1/p-1. The zero-order valence-corrected chi connectivity index (χ0v) is 9.56. The summed E-state index contributed by atoms with van der Waals surface area (Å²) < 4.78 is 5.02. The average molecular weight is 224 g/mol. The number of methoxy groups -OCH3 is 1. The fraction of sp³-hybridized carbons (Fsp3) is 0.0909. The summed E-state index contributed by atoms with van der Waals surface area (Å²) in [5.41, 5.74) is 1.46. The number of aromatic carboxylic acids is 1. The van der Waals surface area contributed by atoms with Gasteiger partial charge in [-0.05, 0) is 29.8 Å². The summed E-state index contributed by atoms with van der Waals surface area (Å²) >= 11 is 0. The van der Waals surface area contributed by atoms with Crippen LogP contribution in [0, 0.1) is 0 Å². The molecule has 82 valence electrons. The second-order valence-electron chi connectivity index (χ2n) is 3.16. The SMILES string of the molecule is COc1ccc(-c2cnc(C(=O)[O-])[nH]2)cc1.[Li+]. The van der Waals surface area contributed by atoms with Crippen molar-refractivity contribution in [1.82, 2.24) is 9.97 Å². The summed E-state index contributed by atoms with van der Waals surface area (Å²) in [7, 11) is 1.58. The fourth-order valence-corrected chi connectivity index (χ4v) is 1.34. The number of aromatic nitrogens is 2. The zero-order chi connectivity index (χ0) is 11.5. The summed E-state index contributed by atoms with van der Waals surface area (Å²) in [6.45, 7) is 0. The van der Waals surface area contributed by atoms with Crippen molar-refractivity contribution in [2.75, 3.05) is 7.11 Å². The van der Waals surface area contributed by atoms with Crippen LogP contribution in [0.3, 0.4) is 0 Å². The van der Waals surface area contributed by atoms with Gasteiger partial charge in [-0.2, -0.15) is 0 Å². The average Bonchev–Trinajstić information content (AvgIpc) is 2.78. The number of carboxylic acids is 1. The van der Waals surface area contributed by atoms with Gasteiger partial charge in [0.1, 0.15) is 11.7 Å². The summed E-state index contributed by atoms with van der Waals surface area (Å²) in [6.07, 6.45) is 1.45. The fourth-order valence-electron chi connectivity index (χ4n) is 1.34. The van der Waals surface area contributed by atoms with E-state index in [1.807, 2.05) is 12.1 Å². The molecule has 0 bridgehead atoms. The van der Waals surface area contributed by atoms with E-state index < -0.39 is 5.97 Å². The van der Waals surface area contributed by atoms with E-state index in [1.54, 1.807) is 19.2 Å². The van der Waals surface area contributed by atoms with E-state index in [0.717, 1.165) is 11.3 Å². The molecular formula is C11H9LiN2O3. The minimum absolute atomic E-state index is 0. The molecule has 0 radical (unpaired) electrons. The van der Waals surface area contributed by atoms with Gasteiger partial charge in [-0.1, -0.05) is 0 Å². The Labute approximate surface area is 110 Å². The van der Waals surface area contributed by atoms with E-state index in [2.05, 4.69) is 9.97 Å². The second-order valence-corrected chi connectivity index (χ2v) is 3.16. The zero-order valence-electron chi connectivity index (χ0n) is 9.56. The molecule has 1 heterocycles. The maximum absolute atomic E-state index is 10.5. The predicted molar refractivity (Wildman–Crippen MR) is 54.9 cm³/mol. The van der Waals surface area contributed by atoms with Crippen molar-refractivity contribution in [1.29, 1.82) is 0 Å². The first kappa shape index (κ1) is 13.4. The number of carboxylic acid groups (broad SMARTS) is 1. The maximum atomic E-state index is 10.5. The van der Waals surface area contributed by atoms with Crippen LogP contribution in [0.5, 0.6) is 5.75 Å². The van der Waals surface area contributed by atoms with E-state index in [0.29, 0.717) is 5.69 Å². The van der Waals surface area contributed by atoms with Gasteiger partial charge in [0.25, 0.3) is 0 Å². The molecule has 0 spiro atoms. The summed E-state index contributed by atoms with van der Waals surface area (Å²) in [4.78, 5) is 16.9. The first-order chi connectivity index (χ1) is 7.70. The molecule has 1 N–H and O–H groups in total. The van der Waals surface area contributed by atoms with Gasteiger partial charge < -0.3 is 19.6 Å². The van der Waals surface area contributed by atoms with Gasteiger partial charge in [0.2, 0.25) is 0 Å². The molecule has 2 aromatic rings. The van der Waals surface area contributed by atoms with Crippen LogP contribution in [0.15, 0.2) is 30.5 Å². The topological polar surface area (TPSA) is 78.0 Å². The predicted octanol–water partition coefficient (Wildman–Crippen LogP) is -2.55. The number of hydrogen-bond acceptors (Lipinski definition) is 4. The van der Waals surface area contributed by atoms with Crippen LogP contribution >= 0.6 is 0 Å². The molecule has 0 aliphatic rings. The van der Waals surface area contributed by atoms with E-state index in [9.17, 15) is 9.90 Å². The first-order valence-corrected chi connectivity index (χ1v) is 4.61. The molecule has 0 atom stereocenters. The van der Waals surface area contributed by atoms with Crippen LogP contribution in [0.2, 0.25) is 0 Å². The van der Waals surface area contributed by atoms with Crippen molar-refractivity contribution in [3.05, 3.63) is 36.3 Å². The quantitative estimate of drug-likeness (QED) is 0.582. The number of benzene rings is 1. The molecule has 0 saturated carbocycles. The molecule has 0 aliphatic heterocycles. The summed E-state index contributed by atoms with van der Waals surface area (Å²) in [5, 5.41) is 10.5. The molecule has 17 heavy (non-hydrogen) atoms. The summed E-state index contributed by atoms with van der Waals surface area (Å²) in [6, 6.07) is 7.19. The molecule has 0 fully saturated rings. The molecule has 6 heteroatoms. The van der Waals surface area contributed by atoms with Gasteiger partial charge in [-0.15, -0.1) is 0 Å². The minimum Gasteiger partial charge on any atom is -0.542 e. The normalized spacial score (nSPS) is 9.47. The van der Waals surface area contributed by atoms with Gasteiger partial charge >= 0.3 is 18.9 Å². The molecule has 0 saturated heterocycles. The molecule has 0 amide bonds. The number of ether oxygens (including phenoxy) is 1. The van der Waals surface area contributed by atoms with Gasteiger partial charge in [0.05, 0.1) is 19.0 Å². The Morgan fingerprint density at radius 1 is 1.35 bits per heavy atom. The van der Waals surface area contributed by atoms with Crippen molar-refractivity contribution >= 4 is 5.97 Å². The van der Waals surface area contributed by atoms with Crippen molar-refractivity contribution in [2.24, 2.45) is 0 Å². The third-order valence-corrected chi connectivity index (χ3v) is 2.17. The Bertz CT molecular complexity index is 508. The Hall–Kier alpha value is -1.70. The molecule has 2 rings (SSSR count). The monoisotopic (exact) mass is 224 g/mol. The number of carbonyl (C=O) groups excluding carboxylic acids is 1.